The van der Waals surface area contributed by atoms with Gasteiger partial charge in [-0.1, -0.05) is 13.0 Å². The number of aliphatic hydroxyl groups is 1. The first-order valence-electron chi connectivity index (χ1n) is 5.79. The molecule has 0 aromatic heterocycles. The third-order valence-corrected chi connectivity index (χ3v) is 3.83. The number of halogens is 3. The summed E-state index contributed by atoms with van der Waals surface area (Å²) < 4.78 is 37.4. The van der Waals surface area contributed by atoms with Gasteiger partial charge in [-0.15, -0.1) is 0 Å². The number of aliphatic hydroxyl groups excluding tert-OH is 1. The topological polar surface area (TPSA) is 20.2 Å². The highest BCUT2D eigenvalue weighted by Crippen LogP contribution is 2.32. The minimum atomic E-state index is -4.33. The van der Waals surface area contributed by atoms with Gasteiger partial charge in [0.1, 0.15) is 0 Å². The monoisotopic (exact) mass is 278 g/mol. The molecule has 1 rings (SSSR count). The van der Waals surface area contributed by atoms with Gasteiger partial charge in [-0.3, -0.25) is 0 Å². The molecule has 0 amide bonds. The summed E-state index contributed by atoms with van der Waals surface area (Å²) in [5.41, 5.74) is 0.387. The molecule has 1 N–H and O–H groups in total. The number of hydrogen-bond acceptors (Lipinski definition) is 2. The Labute approximate surface area is 109 Å². The fourth-order valence-electron chi connectivity index (χ4n) is 1.65. The van der Waals surface area contributed by atoms with Crippen molar-refractivity contribution in [3.63, 3.8) is 0 Å². The first kappa shape index (κ1) is 15.4. The second-order valence-electron chi connectivity index (χ2n) is 4.16. The summed E-state index contributed by atoms with van der Waals surface area (Å²) in [5.74, 6) is 1.46. The van der Waals surface area contributed by atoms with E-state index >= 15 is 0 Å². The maximum atomic E-state index is 12.5. The molecule has 1 aromatic rings. The number of thioether (sulfide) groups is 1. The Bertz CT molecular complexity index is 390. The van der Waals surface area contributed by atoms with Crippen molar-refractivity contribution in [1.29, 1.82) is 0 Å². The number of rotatable bonds is 5. The van der Waals surface area contributed by atoms with Crippen molar-refractivity contribution < 1.29 is 18.3 Å². The minimum Gasteiger partial charge on any atom is -0.388 e. The van der Waals surface area contributed by atoms with Gasteiger partial charge in [0.05, 0.1) is 11.7 Å². The highest BCUT2D eigenvalue weighted by Gasteiger charge is 2.30. The second-order valence-corrected chi connectivity index (χ2v) is 5.31. The van der Waals surface area contributed by atoms with Crippen LogP contribution in [0.4, 0.5) is 13.2 Å². The SMILES string of the molecule is CCCSCC(O)c1ccc(C(F)(F)F)cc1C. The van der Waals surface area contributed by atoms with Gasteiger partial charge in [-0.2, -0.15) is 24.9 Å². The normalized spacial score (nSPS) is 13.7. The Morgan fingerprint density at radius 2 is 2.00 bits per heavy atom. The Morgan fingerprint density at radius 3 is 2.50 bits per heavy atom. The van der Waals surface area contributed by atoms with Crippen LogP contribution in [0.15, 0.2) is 18.2 Å². The van der Waals surface area contributed by atoms with E-state index < -0.39 is 17.8 Å². The molecule has 0 spiro atoms. The Hall–Kier alpha value is -0.680. The molecule has 1 aromatic carbocycles. The lowest BCUT2D eigenvalue weighted by atomic mass is 10.0. The van der Waals surface area contributed by atoms with Gasteiger partial charge >= 0.3 is 6.18 Å². The molecule has 0 aliphatic carbocycles. The molecule has 102 valence electrons. The lowest BCUT2D eigenvalue weighted by molar-refractivity contribution is -0.137. The zero-order chi connectivity index (χ0) is 13.8. The van der Waals surface area contributed by atoms with Gasteiger partial charge in [-0.25, -0.2) is 0 Å². The maximum Gasteiger partial charge on any atom is 0.416 e. The van der Waals surface area contributed by atoms with Crippen molar-refractivity contribution in [1.82, 2.24) is 0 Å². The first-order valence-corrected chi connectivity index (χ1v) is 6.95. The largest absolute Gasteiger partial charge is 0.416 e. The third-order valence-electron chi connectivity index (χ3n) is 2.58. The number of alkyl halides is 3. The molecule has 1 unspecified atom stereocenters. The highest BCUT2D eigenvalue weighted by atomic mass is 32.2. The number of hydrogen-bond donors (Lipinski definition) is 1. The summed E-state index contributed by atoms with van der Waals surface area (Å²) in [6.45, 7) is 3.64. The van der Waals surface area contributed by atoms with Gasteiger partial charge in [0.25, 0.3) is 0 Å². The van der Waals surface area contributed by atoms with Crippen molar-refractivity contribution in [2.45, 2.75) is 32.5 Å². The van der Waals surface area contributed by atoms with E-state index in [0.717, 1.165) is 24.3 Å². The zero-order valence-corrected chi connectivity index (χ0v) is 11.2. The Morgan fingerprint density at radius 1 is 1.33 bits per heavy atom. The average Bonchev–Trinajstić information content (AvgIpc) is 2.27. The van der Waals surface area contributed by atoms with Gasteiger partial charge in [-0.05, 0) is 42.4 Å². The molecular formula is C13H17F3OS. The Kier molecular flexibility index (Phi) is 5.53. The molecule has 0 radical (unpaired) electrons. The van der Waals surface area contributed by atoms with Crippen molar-refractivity contribution in [3.05, 3.63) is 34.9 Å². The fraction of sp³-hybridized carbons (Fsp3) is 0.538. The molecule has 0 saturated heterocycles. The lowest BCUT2D eigenvalue weighted by Crippen LogP contribution is -2.08. The van der Waals surface area contributed by atoms with Crippen LogP contribution in [-0.2, 0) is 6.18 Å². The van der Waals surface area contributed by atoms with E-state index in [2.05, 4.69) is 0 Å². The van der Waals surface area contributed by atoms with Crippen LogP contribution in [0, 0.1) is 6.92 Å². The smallest absolute Gasteiger partial charge is 0.388 e. The molecule has 0 aliphatic heterocycles. The van der Waals surface area contributed by atoms with E-state index in [4.69, 9.17) is 0 Å². The molecule has 0 fully saturated rings. The van der Waals surface area contributed by atoms with Crippen LogP contribution in [0.5, 0.6) is 0 Å². The van der Waals surface area contributed by atoms with E-state index in [9.17, 15) is 18.3 Å². The van der Waals surface area contributed by atoms with Crippen LogP contribution in [0.2, 0.25) is 0 Å². The van der Waals surface area contributed by atoms with E-state index in [0.29, 0.717) is 16.9 Å². The molecule has 0 aliphatic rings. The number of aryl methyl sites for hydroxylation is 1. The Balaban J connectivity index is 2.79. The number of benzene rings is 1. The average molecular weight is 278 g/mol. The van der Waals surface area contributed by atoms with Crippen molar-refractivity contribution in [2.24, 2.45) is 0 Å². The first-order chi connectivity index (χ1) is 8.36. The van der Waals surface area contributed by atoms with Gasteiger partial charge in [0, 0.05) is 5.75 Å². The second kappa shape index (κ2) is 6.48. The van der Waals surface area contributed by atoms with Crippen LogP contribution < -0.4 is 0 Å². The molecule has 1 atom stereocenters. The summed E-state index contributed by atoms with van der Waals surface area (Å²) in [6, 6.07) is 3.48. The highest BCUT2D eigenvalue weighted by molar-refractivity contribution is 7.99. The van der Waals surface area contributed by atoms with Crippen molar-refractivity contribution in [3.8, 4) is 0 Å². The van der Waals surface area contributed by atoms with E-state index in [-0.39, 0.29) is 0 Å². The predicted octanol–water partition coefficient (Wildman–Crippen LogP) is 4.19. The molecule has 0 heterocycles. The minimum absolute atomic E-state index is 0.481. The van der Waals surface area contributed by atoms with Gasteiger partial charge in [0.2, 0.25) is 0 Å². The van der Waals surface area contributed by atoms with Crippen molar-refractivity contribution in [2.75, 3.05) is 11.5 Å². The van der Waals surface area contributed by atoms with Crippen LogP contribution >= 0.6 is 11.8 Å². The summed E-state index contributed by atoms with van der Waals surface area (Å²) in [5, 5.41) is 9.92. The molecule has 1 nitrogen and oxygen atoms in total. The summed E-state index contributed by atoms with van der Waals surface area (Å²) >= 11 is 1.60. The summed E-state index contributed by atoms with van der Waals surface area (Å²) in [7, 11) is 0. The van der Waals surface area contributed by atoms with Gasteiger partial charge < -0.3 is 5.11 Å². The molecule has 5 heteroatoms. The van der Waals surface area contributed by atoms with E-state index in [1.165, 1.54) is 6.07 Å². The van der Waals surface area contributed by atoms with Crippen LogP contribution in [0.3, 0.4) is 0 Å². The quantitative estimate of drug-likeness (QED) is 0.815. The van der Waals surface area contributed by atoms with Gasteiger partial charge in [0.15, 0.2) is 0 Å². The standard InChI is InChI=1S/C13H17F3OS/c1-3-6-18-8-12(17)11-5-4-10(7-9(11)2)13(14,15)16/h4-5,7,12,17H,3,6,8H2,1-2H3. The zero-order valence-electron chi connectivity index (χ0n) is 10.4. The molecule has 0 bridgehead atoms. The molecule has 18 heavy (non-hydrogen) atoms. The predicted molar refractivity (Wildman–Crippen MR) is 68.8 cm³/mol. The third kappa shape index (κ3) is 4.21. The van der Waals surface area contributed by atoms with E-state index in [1.54, 1.807) is 18.7 Å². The van der Waals surface area contributed by atoms with Crippen molar-refractivity contribution >= 4 is 11.8 Å². The van der Waals surface area contributed by atoms with Crippen LogP contribution in [0.25, 0.3) is 0 Å². The lowest BCUT2D eigenvalue weighted by Gasteiger charge is -2.15. The molecular weight excluding hydrogens is 261 g/mol. The maximum absolute atomic E-state index is 12.5. The van der Waals surface area contributed by atoms with Crippen LogP contribution in [-0.4, -0.2) is 16.6 Å². The fourth-order valence-corrected chi connectivity index (χ4v) is 2.51. The van der Waals surface area contributed by atoms with Crippen LogP contribution in [0.1, 0.15) is 36.1 Å². The van der Waals surface area contributed by atoms with E-state index in [1.807, 2.05) is 6.92 Å². The molecule has 0 saturated carbocycles. The summed E-state index contributed by atoms with van der Waals surface area (Å²) in [4.78, 5) is 0. The summed E-state index contributed by atoms with van der Waals surface area (Å²) in [6.07, 6.45) is -4.02.